The Balaban J connectivity index is 1.71. The first-order valence-corrected chi connectivity index (χ1v) is 9.06. The van der Waals surface area contributed by atoms with Gasteiger partial charge in [-0.15, -0.1) is 0 Å². The molecule has 26 heavy (non-hydrogen) atoms. The molecule has 0 aliphatic heterocycles. The smallest absolute Gasteiger partial charge is 0.257 e. The van der Waals surface area contributed by atoms with Crippen LogP contribution in [0.4, 0.5) is 0 Å². The van der Waals surface area contributed by atoms with E-state index in [-0.39, 0.29) is 5.91 Å². The van der Waals surface area contributed by atoms with Crippen LogP contribution in [0, 0.1) is 6.92 Å². The molecule has 1 amide bonds. The van der Waals surface area contributed by atoms with Crippen LogP contribution in [0.1, 0.15) is 28.1 Å². The zero-order valence-electron chi connectivity index (χ0n) is 14.3. The molecule has 2 aromatic carbocycles. The lowest BCUT2D eigenvalue weighted by Crippen LogP contribution is -2.25. The van der Waals surface area contributed by atoms with Gasteiger partial charge in [-0.25, -0.2) is 0 Å². The summed E-state index contributed by atoms with van der Waals surface area (Å²) in [7, 11) is 0. The predicted octanol–water partition coefficient (Wildman–Crippen LogP) is 5.32. The third kappa shape index (κ3) is 4.09. The summed E-state index contributed by atoms with van der Waals surface area (Å²) in [6.45, 7) is 2.24. The summed E-state index contributed by atoms with van der Waals surface area (Å²) in [4.78, 5) is 12.7. The summed E-state index contributed by atoms with van der Waals surface area (Å²) < 4.78 is 5.23. The Kier molecular flexibility index (Phi) is 5.96. The van der Waals surface area contributed by atoms with Gasteiger partial charge < -0.3 is 9.84 Å². The van der Waals surface area contributed by atoms with Crippen LogP contribution in [0.15, 0.2) is 53.1 Å². The molecule has 0 aliphatic carbocycles. The van der Waals surface area contributed by atoms with Gasteiger partial charge in [0.2, 0.25) is 0 Å². The molecule has 0 atom stereocenters. The van der Waals surface area contributed by atoms with Gasteiger partial charge >= 0.3 is 0 Å². The Labute approximate surface area is 162 Å². The molecule has 1 heterocycles. The van der Waals surface area contributed by atoms with Crippen molar-refractivity contribution in [3.8, 4) is 11.3 Å². The number of hydrogen-bond donors (Lipinski definition) is 1. The van der Waals surface area contributed by atoms with E-state index in [0.29, 0.717) is 39.2 Å². The van der Waals surface area contributed by atoms with E-state index in [0.717, 1.165) is 12.8 Å². The highest BCUT2D eigenvalue weighted by atomic mass is 35.5. The lowest BCUT2D eigenvalue weighted by atomic mass is 10.1. The van der Waals surface area contributed by atoms with Gasteiger partial charge in [0, 0.05) is 12.1 Å². The number of aryl methyl sites for hydroxylation is 2. The van der Waals surface area contributed by atoms with Crippen molar-refractivity contribution in [2.75, 3.05) is 6.54 Å². The van der Waals surface area contributed by atoms with E-state index in [1.165, 1.54) is 5.56 Å². The van der Waals surface area contributed by atoms with Crippen molar-refractivity contribution in [3.63, 3.8) is 0 Å². The van der Waals surface area contributed by atoms with Crippen molar-refractivity contribution in [1.82, 2.24) is 10.5 Å². The van der Waals surface area contributed by atoms with Crippen molar-refractivity contribution < 1.29 is 9.32 Å². The highest BCUT2D eigenvalue weighted by Crippen LogP contribution is 2.36. The fourth-order valence-corrected chi connectivity index (χ4v) is 3.34. The van der Waals surface area contributed by atoms with Gasteiger partial charge in [0.05, 0.1) is 10.0 Å². The molecule has 0 unspecified atom stereocenters. The maximum absolute atomic E-state index is 12.7. The van der Waals surface area contributed by atoms with Crippen molar-refractivity contribution in [1.29, 1.82) is 0 Å². The van der Waals surface area contributed by atoms with E-state index in [1.807, 2.05) is 18.2 Å². The van der Waals surface area contributed by atoms with Crippen LogP contribution in [0.3, 0.4) is 0 Å². The van der Waals surface area contributed by atoms with Crippen molar-refractivity contribution in [2.24, 2.45) is 0 Å². The first kappa shape index (κ1) is 18.5. The number of carbonyl (C=O) groups is 1. The van der Waals surface area contributed by atoms with Crippen molar-refractivity contribution in [3.05, 3.63) is 75.5 Å². The second-order valence-corrected chi connectivity index (χ2v) is 6.72. The molecule has 0 fully saturated rings. The van der Waals surface area contributed by atoms with E-state index >= 15 is 0 Å². The number of hydrogen-bond acceptors (Lipinski definition) is 3. The first-order chi connectivity index (χ1) is 12.6. The Hall–Kier alpha value is -2.30. The van der Waals surface area contributed by atoms with Crippen LogP contribution in [-0.2, 0) is 6.42 Å². The van der Waals surface area contributed by atoms with E-state index in [1.54, 1.807) is 25.1 Å². The number of halogens is 2. The number of carbonyl (C=O) groups excluding carboxylic acids is 1. The first-order valence-electron chi connectivity index (χ1n) is 8.30. The molecule has 3 aromatic rings. The average molecular weight is 389 g/mol. The molecular weight excluding hydrogens is 371 g/mol. The van der Waals surface area contributed by atoms with Crippen LogP contribution in [0.25, 0.3) is 11.3 Å². The van der Waals surface area contributed by atoms with E-state index in [2.05, 4.69) is 22.6 Å². The molecule has 1 N–H and O–H groups in total. The van der Waals surface area contributed by atoms with E-state index < -0.39 is 0 Å². The molecule has 0 saturated carbocycles. The number of rotatable bonds is 6. The molecular formula is C20H18Cl2N2O2. The molecule has 0 aliphatic rings. The van der Waals surface area contributed by atoms with Gasteiger partial charge in [-0.2, -0.15) is 0 Å². The van der Waals surface area contributed by atoms with Crippen LogP contribution in [0.5, 0.6) is 0 Å². The predicted molar refractivity (Wildman–Crippen MR) is 104 cm³/mol. The highest BCUT2D eigenvalue weighted by Gasteiger charge is 2.24. The SMILES string of the molecule is Cc1onc(-c2c(Cl)cccc2Cl)c1C(=O)NCCCc1ccccc1. The quantitative estimate of drug-likeness (QED) is 0.581. The number of benzene rings is 2. The minimum absolute atomic E-state index is 0.247. The number of aromatic nitrogens is 1. The normalized spacial score (nSPS) is 10.7. The third-order valence-corrected chi connectivity index (χ3v) is 4.69. The van der Waals surface area contributed by atoms with Gasteiger partial charge in [-0.05, 0) is 37.5 Å². The molecule has 0 saturated heterocycles. The molecule has 134 valence electrons. The molecule has 6 heteroatoms. The topological polar surface area (TPSA) is 55.1 Å². The van der Waals surface area contributed by atoms with Crippen molar-refractivity contribution in [2.45, 2.75) is 19.8 Å². The van der Waals surface area contributed by atoms with Gasteiger partial charge in [0.25, 0.3) is 5.91 Å². The monoisotopic (exact) mass is 388 g/mol. The summed E-state index contributed by atoms with van der Waals surface area (Å²) in [5.74, 6) is 0.180. The minimum atomic E-state index is -0.247. The van der Waals surface area contributed by atoms with Gasteiger partial charge in [0.1, 0.15) is 17.0 Å². The van der Waals surface area contributed by atoms with Crippen LogP contribution >= 0.6 is 23.2 Å². The molecule has 0 spiro atoms. The molecule has 4 nitrogen and oxygen atoms in total. The minimum Gasteiger partial charge on any atom is -0.360 e. The van der Waals surface area contributed by atoms with Gasteiger partial charge in [0.15, 0.2) is 0 Å². The highest BCUT2D eigenvalue weighted by molar-refractivity contribution is 6.39. The largest absolute Gasteiger partial charge is 0.360 e. The zero-order valence-corrected chi connectivity index (χ0v) is 15.8. The Morgan fingerprint density at radius 1 is 1.08 bits per heavy atom. The fraction of sp³-hybridized carbons (Fsp3) is 0.200. The molecule has 1 aromatic heterocycles. The lowest BCUT2D eigenvalue weighted by molar-refractivity contribution is 0.0952. The molecule has 0 radical (unpaired) electrons. The standard InChI is InChI=1S/C20H18Cl2N2O2/c1-13-17(19(24-26-13)18-15(21)10-5-11-16(18)22)20(25)23-12-6-9-14-7-3-2-4-8-14/h2-5,7-8,10-11H,6,9,12H2,1H3,(H,23,25). The van der Waals surface area contributed by atoms with Gasteiger partial charge in [-0.3, -0.25) is 4.79 Å². The van der Waals surface area contributed by atoms with Crippen LogP contribution in [-0.4, -0.2) is 17.6 Å². The van der Waals surface area contributed by atoms with Gasteiger partial charge in [-0.1, -0.05) is 64.8 Å². The summed E-state index contributed by atoms with van der Waals surface area (Å²) in [6, 6.07) is 15.3. The Morgan fingerprint density at radius 2 is 1.77 bits per heavy atom. The average Bonchev–Trinajstić information content (AvgIpc) is 3.01. The number of nitrogens with one attached hydrogen (secondary N) is 1. The zero-order chi connectivity index (χ0) is 18.5. The summed E-state index contributed by atoms with van der Waals surface area (Å²) in [5.41, 5.74) is 2.46. The Bertz CT molecular complexity index is 887. The maximum Gasteiger partial charge on any atom is 0.257 e. The fourth-order valence-electron chi connectivity index (χ4n) is 2.76. The second-order valence-electron chi connectivity index (χ2n) is 5.90. The number of amides is 1. The molecule has 3 rings (SSSR count). The molecule has 0 bridgehead atoms. The summed E-state index contributed by atoms with van der Waals surface area (Å²) in [6.07, 6.45) is 1.73. The second kappa shape index (κ2) is 8.39. The number of nitrogens with zero attached hydrogens (tertiary/aromatic N) is 1. The van der Waals surface area contributed by atoms with Crippen LogP contribution in [0.2, 0.25) is 10.0 Å². The van der Waals surface area contributed by atoms with E-state index in [4.69, 9.17) is 27.7 Å². The van der Waals surface area contributed by atoms with E-state index in [9.17, 15) is 4.79 Å². The third-order valence-electron chi connectivity index (χ3n) is 4.06. The Morgan fingerprint density at radius 3 is 2.46 bits per heavy atom. The maximum atomic E-state index is 12.7. The summed E-state index contributed by atoms with van der Waals surface area (Å²) in [5, 5.41) is 7.76. The van der Waals surface area contributed by atoms with Crippen molar-refractivity contribution >= 4 is 29.1 Å². The lowest BCUT2D eigenvalue weighted by Gasteiger charge is -2.08. The summed E-state index contributed by atoms with van der Waals surface area (Å²) >= 11 is 12.5. The van der Waals surface area contributed by atoms with Crippen LogP contribution < -0.4 is 5.32 Å².